The van der Waals surface area contributed by atoms with Gasteiger partial charge in [0.1, 0.15) is 10.7 Å². The van der Waals surface area contributed by atoms with Gasteiger partial charge in [0, 0.05) is 23.2 Å². The molecule has 0 saturated heterocycles. The number of carbonyl (C=O) groups is 1. The number of nitro groups is 1. The second-order valence-electron chi connectivity index (χ2n) is 4.10. The number of nitrogens with two attached hydrogens (primary N) is 1. The fourth-order valence-corrected chi connectivity index (χ4v) is 2.28. The first kappa shape index (κ1) is 13.9. The van der Waals surface area contributed by atoms with Crippen molar-refractivity contribution >= 4 is 28.6 Å². The molecule has 1 heterocycles. The van der Waals surface area contributed by atoms with Crippen molar-refractivity contribution in [1.82, 2.24) is 10.3 Å². The summed E-state index contributed by atoms with van der Waals surface area (Å²) in [7, 11) is 0. The third-order valence-corrected chi connectivity index (χ3v) is 3.62. The second-order valence-corrected chi connectivity index (χ2v) is 5.02. The number of benzene rings is 1. The number of nitrogens with zero attached hydrogens (tertiary/aromatic N) is 2. The molecule has 2 rings (SSSR count). The summed E-state index contributed by atoms with van der Waals surface area (Å²) in [6.45, 7) is 1.79. The van der Waals surface area contributed by atoms with Gasteiger partial charge >= 0.3 is 0 Å². The van der Waals surface area contributed by atoms with Crippen molar-refractivity contribution < 1.29 is 9.72 Å². The molecule has 2 aromatic rings. The van der Waals surface area contributed by atoms with E-state index in [2.05, 4.69) is 10.3 Å². The van der Waals surface area contributed by atoms with Crippen LogP contribution in [0, 0.1) is 10.1 Å². The predicted molar refractivity (Wildman–Crippen MR) is 75.5 cm³/mol. The molecular formula is C12H12N4O3S. The van der Waals surface area contributed by atoms with Crippen LogP contribution in [0.15, 0.2) is 29.8 Å². The summed E-state index contributed by atoms with van der Waals surface area (Å²) in [5, 5.41) is 16.1. The molecule has 20 heavy (non-hydrogen) atoms. The Hall–Kier alpha value is -2.48. The first-order valence-corrected chi connectivity index (χ1v) is 6.61. The molecule has 0 fully saturated rings. The van der Waals surface area contributed by atoms with Crippen molar-refractivity contribution in [3.63, 3.8) is 0 Å². The monoisotopic (exact) mass is 292 g/mol. The predicted octanol–water partition coefficient (Wildman–Crippen LogP) is 2.12. The lowest BCUT2D eigenvalue weighted by Gasteiger charge is -2.11. The summed E-state index contributed by atoms with van der Waals surface area (Å²) in [6.07, 6.45) is 1.65. The zero-order valence-corrected chi connectivity index (χ0v) is 11.4. The molecule has 1 atom stereocenters. The number of rotatable bonds is 4. The van der Waals surface area contributed by atoms with Crippen LogP contribution in [-0.2, 0) is 0 Å². The largest absolute Gasteiger partial charge is 0.393 e. The number of anilines is 1. The van der Waals surface area contributed by atoms with Crippen LogP contribution in [0.2, 0.25) is 0 Å². The number of amides is 1. The van der Waals surface area contributed by atoms with Crippen LogP contribution in [-0.4, -0.2) is 15.8 Å². The molecule has 0 aliphatic heterocycles. The van der Waals surface area contributed by atoms with E-state index in [1.807, 2.05) is 5.38 Å². The van der Waals surface area contributed by atoms with E-state index in [0.29, 0.717) is 0 Å². The number of nitrogen functional groups attached to an aromatic ring is 1. The summed E-state index contributed by atoms with van der Waals surface area (Å²) >= 11 is 1.42. The number of hydrogen-bond acceptors (Lipinski definition) is 6. The Labute approximate surface area is 118 Å². The Bertz CT molecular complexity index is 642. The van der Waals surface area contributed by atoms with Crippen LogP contribution < -0.4 is 11.1 Å². The third-order valence-electron chi connectivity index (χ3n) is 2.66. The number of carbonyl (C=O) groups excluding carboxylic acids is 1. The summed E-state index contributed by atoms with van der Waals surface area (Å²) in [5.41, 5.74) is 5.43. The normalized spacial score (nSPS) is 11.8. The van der Waals surface area contributed by atoms with Crippen LogP contribution in [0.1, 0.15) is 28.3 Å². The van der Waals surface area contributed by atoms with Gasteiger partial charge in [-0.05, 0) is 19.1 Å². The summed E-state index contributed by atoms with van der Waals surface area (Å²) < 4.78 is 0. The minimum Gasteiger partial charge on any atom is -0.393 e. The zero-order valence-electron chi connectivity index (χ0n) is 10.6. The van der Waals surface area contributed by atoms with Gasteiger partial charge in [-0.1, -0.05) is 0 Å². The molecule has 7 nitrogen and oxygen atoms in total. The molecule has 0 bridgehead atoms. The molecule has 104 valence electrons. The van der Waals surface area contributed by atoms with Crippen molar-refractivity contribution in [3.05, 3.63) is 50.5 Å². The van der Waals surface area contributed by atoms with Crippen molar-refractivity contribution in [1.29, 1.82) is 0 Å². The molecule has 8 heteroatoms. The minimum atomic E-state index is -0.615. The Morgan fingerprint density at radius 1 is 1.55 bits per heavy atom. The molecule has 1 amide bonds. The molecule has 1 aromatic heterocycles. The van der Waals surface area contributed by atoms with E-state index in [-0.39, 0.29) is 23.0 Å². The fourth-order valence-electron chi connectivity index (χ4n) is 1.63. The highest BCUT2D eigenvalue weighted by Gasteiger charge is 2.18. The number of thiazole rings is 1. The van der Waals surface area contributed by atoms with E-state index in [0.717, 1.165) is 5.01 Å². The molecule has 0 aliphatic carbocycles. The van der Waals surface area contributed by atoms with Gasteiger partial charge in [0.2, 0.25) is 0 Å². The summed E-state index contributed by atoms with van der Waals surface area (Å²) in [4.78, 5) is 26.3. The Morgan fingerprint density at radius 3 is 2.90 bits per heavy atom. The topological polar surface area (TPSA) is 111 Å². The maximum absolute atomic E-state index is 12.0. The Balaban J connectivity index is 2.17. The van der Waals surface area contributed by atoms with E-state index >= 15 is 0 Å². The summed E-state index contributed by atoms with van der Waals surface area (Å²) in [5.74, 6) is -0.407. The first-order chi connectivity index (χ1) is 9.49. The standard InChI is InChI=1S/C12H12N4O3S/c1-7(12-14-4-5-20-12)15-11(17)8-2-3-9(13)10(6-8)16(18)19/h2-7H,13H2,1H3,(H,15,17). The summed E-state index contributed by atoms with van der Waals surface area (Å²) in [6, 6.07) is 3.70. The van der Waals surface area contributed by atoms with Gasteiger partial charge in [0.25, 0.3) is 11.6 Å². The third kappa shape index (κ3) is 2.91. The second kappa shape index (κ2) is 5.66. The van der Waals surface area contributed by atoms with E-state index < -0.39 is 10.8 Å². The maximum atomic E-state index is 12.0. The zero-order chi connectivity index (χ0) is 14.7. The molecule has 0 radical (unpaired) electrons. The SMILES string of the molecule is CC(NC(=O)c1ccc(N)c([N+](=O)[O-])c1)c1nccs1. The fraction of sp³-hybridized carbons (Fsp3) is 0.167. The van der Waals surface area contributed by atoms with Gasteiger partial charge in [-0.2, -0.15) is 0 Å². The van der Waals surface area contributed by atoms with Crippen LogP contribution in [0.3, 0.4) is 0 Å². The molecule has 1 unspecified atom stereocenters. The molecule has 3 N–H and O–H groups in total. The quantitative estimate of drug-likeness (QED) is 0.509. The molecule has 1 aromatic carbocycles. The van der Waals surface area contributed by atoms with E-state index in [1.54, 1.807) is 13.1 Å². The number of hydrogen-bond donors (Lipinski definition) is 2. The van der Waals surface area contributed by atoms with Gasteiger partial charge in [-0.15, -0.1) is 11.3 Å². The van der Waals surface area contributed by atoms with E-state index in [1.165, 1.54) is 29.5 Å². The lowest BCUT2D eigenvalue weighted by Crippen LogP contribution is -2.26. The maximum Gasteiger partial charge on any atom is 0.292 e. The molecule has 0 saturated carbocycles. The Morgan fingerprint density at radius 2 is 2.30 bits per heavy atom. The molecule has 0 aliphatic rings. The average Bonchev–Trinajstić information content (AvgIpc) is 2.92. The first-order valence-electron chi connectivity index (χ1n) is 5.73. The van der Waals surface area contributed by atoms with Gasteiger partial charge in [-0.3, -0.25) is 14.9 Å². The van der Waals surface area contributed by atoms with Crippen molar-refractivity contribution in [2.24, 2.45) is 0 Å². The number of nitrogens with one attached hydrogen (secondary N) is 1. The highest BCUT2D eigenvalue weighted by molar-refractivity contribution is 7.09. The minimum absolute atomic E-state index is 0.0273. The molecule has 0 spiro atoms. The van der Waals surface area contributed by atoms with E-state index in [9.17, 15) is 14.9 Å². The van der Waals surface area contributed by atoms with Gasteiger partial charge in [0.15, 0.2) is 0 Å². The van der Waals surface area contributed by atoms with Crippen LogP contribution >= 0.6 is 11.3 Å². The average molecular weight is 292 g/mol. The van der Waals surface area contributed by atoms with Crippen molar-refractivity contribution in [3.8, 4) is 0 Å². The van der Waals surface area contributed by atoms with Crippen molar-refractivity contribution in [2.75, 3.05) is 5.73 Å². The smallest absolute Gasteiger partial charge is 0.292 e. The number of nitro benzene ring substituents is 1. The van der Waals surface area contributed by atoms with Crippen LogP contribution in [0.4, 0.5) is 11.4 Å². The number of aromatic nitrogens is 1. The van der Waals surface area contributed by atoms with Crippen molar-refractivity contribution in [2.45, 2.75) is 13.0 Å². The van der Waals surface area contributed by atoms with Gasteiger partial charge in [-0.25, -0.2) is 4.98 Å². The van der Waals surface area contributed by atoms with E-state index in [4.69, 9.17) is 5.73 Å². The van der Waals surface area contributed by atoms with Gasteiger partial charge in [0.05, 0.1) is 11.0 Å². The van der Waals surface area contributed by atoms with Crippen LogP contribution in [0.25, 0.3) is 0 Å². The Kier molecular flexibility index (Phi) is 3.94. The highest BCUT2D eigenvalue weighted by atomic mass is 32.1. The molecular weight excluding hydrogens is 280 g/mol. The lowest BCUT2D eigenvalue weighted by atomic mass is 10.1. The lowest BCUT2D eigenvalue weighted by molar-refractivity contribution is -0.383. The van der Waals surface area contributed by atoms with Gasteiger partial charge < -0.3 is 11.1 Å². The highest BCUT2D eigenvalue weighted by Crippen LogP contribution is 2.23. The van der Waals surface area contributed by atoms with Crippen LogP contribution in [0.5, 0.6) is 0 Å².